The molecule has 0 aliphatic heterocycles. The van der Waals surface area contributed by atoms with E-state index in [1.165, 1.54) is 12.1 Å². The van der Waals surface area contributed by atoms with Gasteiger partial charge in [0.05, 0.1) is 17.6 Å². The topological polar surface area (TPSA) is 62.5 Å². The second kappa shape index (κ2) is 7.71. The number of para-hydroxylation sites is 1. The van der Waals surface area contributed by atoms with Crippen molar-refractivity contribution in [2.75, 3.05) is 17.3 Å². The molecule has 0 radical (unpaired) electrons. The number of aryl methyl sites for hydroxylation is 1. The van der Waals surface area contributed by atoms with Crippen molar-refractivity contribution in [3.05, 3.63) is 89.6 Å². The van der Waals surface area contributed by atoms with Crippen molar-refractivity contribution in [1.29, 1.82) is 0 Å². The maximum atomic E-state index is 13.8. The Hall–Kier alpha value is -3.74. The van der Waals surface area contributed by atoms with Crippen LogP contribution in [0.1, 0.15) is 21.7 Å². The summed E-state index contributed by atoms with van der Waals surface area (Å²) in [5, 5.41) is 6.93. The highest BCUT2D eigenvalue weighted by Crippen LogP contribution is 2.22. The summed E-state index contributed by atoms with van der Waals surface area (Å²) in [6.45, 7) is 2.54. The number of aromatic nitrogens is 3. The van der Waals surface area contributed by atoms with Gasteiger partial charge in [-0.3, -0.25) is 4.79 Å². The van der Waals surface area contributed by atoms with Crippen LogP contribution in [0.15, 0.2) is 66.9 Å². The number of amides is 1. The number of hydrogen-bond acceptors (Lipinski definition) is 4. The highest BCUT2D eigenvalue weighted by atomic mass is 19.1. The van der Waals surface area contributed by atoms with E-state index in [1.54, 1.807) is 28.9 Å². The molecule has 0 unspecified atom stereocenters. The minimum atomic E-state index is -0.495. The highest BCUT2D eigenvalue weighted by molar-refractivity contribution is 6.04. The lowest BCUT2D eigenvalue weighted by molar-refractivity contribution is 0.102. The van der Waals surface area contributed by atoms with Crippen LogP contribution in [0.3, 0.4) is 0 Å². The highest BCUT2D eigenvalue weighted by Gasteiger charge is 2.17. The second-order valence-corrected chi connectivity index (χ2v) is 6.84. The monoisotopic (exact) mass is 389 g/mol. The Morgan fingerprint density at radius 2 is 1.86 bits per heavy atom. The lowest BCUT2D eigenvalue weighted by Gasteiger charge is -2.19. The Kier molecular flexibility index (Phi) is 4.95. The summed E-state index contributed by atoms with van der Waals surface area (Å²) in [7, 11) is 1.95. The first-order valence-corrected chi connectivity index (χ1v) is 9.19. The van der Waals surface area contributed by atoms with Gasteiger partial charge in [0.15, 0.2) is 11.5 Å². The number of carbonyl (C=O) groups excluding carboxylic acids is 1. The molecule has 6 nitrogen and oxygen atoms in total. The zero-order valence-electron chi connectivity index (χ0n) is 16.1. The fraction of sp³-hybridized carbons (Fsp3) is 0.136. The van der Waals surface area contributed by atoms with Gasteiger partial charge in [-0.15, -0.1) is 0 Å². The van der Waals surface area contributed by atoms with Crippen LogP contribution in [-0.4, -0.2) is 27.6 Å². The standard InChI is InChI=1S/C22H20FN5O/c1-15-13-28-20(21(24-15)27(2)14-16-8-4-3-5-9-16)12-19(26-28)22(29)25-18-11-7-6-10-17(18)23/h3-13H,14H2,1-2H3,(H,25,29). The third-order valence-corrected chi connectivity index (χ3v) is 4.54. The molecule has 7 heteroatoms. The predicted molar refractivity (Wildman–Crippen MR) is 111 cm³/mol. The van der Waals surface area contributed by atoms with Crippen LogP contribution in [0.25, 0.3) is 5.52 Å². The van der Waals surface area contributed by atoms with Gasteiger partial charge in [-0.25, -0.2) is 13.9 Å². The Bertz CT molecular complexity index is 1170. The number of benzene rings is 2. The molecule has 4 rings (SSSR count). The number of rotatable bonds is 5. The summed E-state index contributed by atoms with van der Waals surface area (Å²) in [6, 6.07) is 17.8. The maximum Gasteiger partial charge on any atom is 0.276 e. The normalized spacial score (nSPS) is 10.9. The van der Waals surface area contributed by atoms with Gasteiger partial charge in [0.2, 0.25) is 0 Å². The molecule has 2 heterocycles. The van der Waals surface area contributed by atoms with Gasteiger partial charge < -0.3 is 10.2 Å². The van der Waals surface area contributed by atoms with Crippen LogP contribution in [0.5, 0.6) is 0 Å². The number of halogens is 1. The Morgan fingerprint density at radius 3 is 2.62 bits per heavy atom. The number of hydrogen-bond donors (Lipinski definition) is 1. The van der Waals surface area contributed by atoms with Crippen LogP contribution >= 0.6 is 0 Å². The molecule has 0 aliphatic carbocycles. The minimum absolute atomic E-state index is 0.116. The molecule has 146 valence electrons. The van der Waals surface area contributed by atoms with Crippen molar-refractivity contribution in [2.45, 2.75) is 13.5 Å². The summed E-state index contributed by atoms with van der Waals surface area (Å²) in [5.41, 5.74) is 2.93. The largest absolute Gasteiger partial charge is 0.354 e. The molecular weight excluding hydrogens is 369 g/mol. The van der Waals surface area contributed by atoms with E-state index >= 15 is 0 Å². The predicted octanol–water partition coefficient (Wildman–Crippen LogP) is 4.07. The van der Waals surface area contributed by atoms with E-state index < -0.39 is 11.7 Å². The molecule has 29 heavy (non-hydrogen) atoms. The first-order valence-electron chi connectivity index (χ1n) is 9.19. The average Bonchev–Trinajstić information content (AvgIpc) is 3.14. The van der Waals surface area contributed by atoms with Gasteiger partial charge >= 0.3 is 0 Å². The van der Waals surface area contributed by atoms with Gasteiger partial charge in [-0.1, -0.05) is 42.5 Å². The zero-order valence-corrected chi connectivity index (χ0v) is 16.1. The molecule has 0 bridgehead atoms. The minimum Gasteiger partial charge on any atom is -0.354 e. The first-order chi connectivity index (χ1) is 14.0. The SMILES string of the molecule is Cc1cn2nc(C(=O)Nc3ccccc3F)cc2c(N(C)Cc2ccccc2)n1. The molecule has 2 aromatic heterocycles. The quantitative estimate of drug-likeness (QED) is 0.559. The van der Waals surface area contributed by atoms with Crippen molar-refractivity contribution in [2.24, 2.45) is 0 Å². The Morgan fingerprint density at radius 1 is 1.14 bits per heavy atom. The molecule has 0 atom stereocenters. The molecule has 0 spiro atoms. The maximum absolute atomic E-state index is 13.8. The van der Waals surface area contributed by atoms with E-state index in [1.807, 2.05) is 49.2 Å². The Balaban J connectivity index is 1.66. The molecular formula is C22H20FN5O. The van der Waals surface area contributed by atoms with Gasteiger partial charge in [0, 0.05) is 19.7 Å². The summed E-state index contributed by atoms with van der Waals surface area (Å²) in [5.74, 6) is -0.259. The van der Waals surface area contributed by atoms with Crippen LogP contribution < -0.4 is 10.2 Å². The number of fused-ring (bicyclic) bond motifs is 1. The number of nitrogens with zero attached hydrogens (tertiary/aromatic N) is 4. The average molecular weight is 389 g/mol. The van der Waals surface area contributed by atoms with E-state index in [2.05, 4.69) is 15.4 Å². The smallest absolute Gasteiger partial charge is 0.276 e. The van der Waals surface area contributed by atoms with Gasteiger partial charge in [-0.05, 0) is 24.6 Å². The van der Waals surface area contributed by atoms with E-state index in [9.17, 15) is 9.18 Å². The third kappa shape index (κ3) is 3.94. The van der Waals surface area contributed by atoms with Crippen molar-refractivity contribution in [1.82, 2.24) is 14.6 Å². The van der Waals surface area contributed by atoms with Gasteiger partial charge in [0.1, 0.15) is 11.3 Å². The second-order valence-electron chi connectivity index (χ2n) is 6.84. The molecule has 0 saturated heterocycles. The summed E-state index contributed by atoms with van der Waals surface area (Å²) in [4.78, 5) is 19.3. The summed E-state index contributed by atoms with van der Waals surface area (Å²) in [6.07, 6.45) is 1.76. The summed E-state index contributed by atoms with van der Waals surface area (Å²) >= 11 is 0. The zero-order chi connectivity index (χ0) is 20.4. The number of nitrogens with one attached hydrogen (secondary N) is 1. The van der Waals surface area contributed by atoms with Crippen molar-refractivity contribution < 1.29 is 9.18 Å². The molecule has 1 N–H and O–H groups in total. The van der Waals surface area contributed by atoms with Gasteiger partial charge in [0.25, 0.3) is 5.91 Å². The fourth-order valence-electron chi connectivity index (χ4n) is 3.16. The molecule has 0 saturated carbocycles. The van der Waals surface area contributed by atoms with E-state index in [0.29, 0.717) is 17.9 Å². The van der Waals surface area contributed by atoms with E-state index in [-0.39, 0.29) is 11.4 Å². The molecule has 2 aromatic carbocycles. The number of anilines is 2. The van der Waals surface area contributed by atoms with E-state index in [0.717, 1.165) is 11.3 Å². The van der Waals surface area contributed by atoms with Crippen LogP contribution in [0.2, 0.25) is 0 Å². The number of carbonyl (C=O) groups is 1. The molecule has 1 amide bonds. The molecule has 0 fully saturated rings. The van der Waals surface area contributed by atoms with Crippen LogP contribution in [0, 0.1) is 12.7 Å². The fourth-order valence-corrected chi connectivity index (χ4v) is 3.16. The van der Waals surface area contributed by atoms with Crippen molar-refractivity contribution in [3.63, 3.8) is 0 Å². The molecule has 4 aromatic rings. The van der Waals surface area contributed by atoms with E-state index in [4.69, 9.17) is 0 Å². The summed E-state index contributed by atoms with van der Waals surface area (Å²) < 4.78 is 15.5. The van der Waals surface area contributed by atoms with Crippen molar-refractivity contribution in [3.8, 4) is 0 Å². The Labute approximate surface area is 167 Å². The molecule has 0 aliphatic rings. The van der Waals surface area contributed by atoms with Crippen LogP contribution in [0.4, 0.5) is 15.9 Å². The third-order valence-electron chi connectivity index (χ3n) is 4.54. The van der Waals surface area contributed by atoms with Crippen molar-refractivity contribution >= 4 is 22.9 Å². The van der Waals surface area contributed by atoms with Crippen LogP contribution in [-0.2, 0) is 6.54 Å². The van der Waals surface area contributed by atoms with Gasteiger partial charge in [-0.2, -0.15) is 5.10 Å². The first kappa shape index (κ1) is 18.6. The lowest BCUT2D eigenvalue weighted by Crippen LogP contribution is -2.19. The lowest BCUT2D eigenvalue weighted by atomic mass is 10.2.